The van der Waals surface area contributed by atoms with Gasteiger partial charge in [-0.3, -0.25) is 0 Å². The number of methoxy groups -OCH3 is 1. The van der Waals surface area contributed by atoms with Crippen molar-refractivity contribution in [2.75, 3.05) is 7.11 Å². The number of aliphatic hydroxyl groups is 1. The van der Waals surface area contributed by atoms with Gasteiger partial charge in [0.2, 0.25) is 0 Å². The number of hydrogen-bond donors (Lipinski definition) is 1. The topological polar surface area (TPSA) is 46.5 Å². The third-order valence-corrected chi connectivity index (χ3v) is 3.04. The van der Waals surface area contributed by atoms with E-state index in [4.69, 9.17) is 4.74 Å². The molecule has 0 spiro atoms. The van der Waals surface area contributed by atoms with Gasteiger partial charge >= 0.3 is 0 Å². The van der Waals surface area contributed by atoms with Gasteiger partial charge < -0.3 is 14.6 Å². The van der Waals surface area contributed by atoms with E-state index in [9.17, 15) is 9.90 Å². The molecule has 3 heteroatoms. The van der Waals surface area contributed by atoms with Crippen LogP contribution in [0, 0.1) is 11.8 Å². The van der Waals surface area contributed by atoms with Gasteiger partial charge in [0.1, 0.15) is 6.29 Å². The Kier molecular flexibility index (Phi) is 8.12. The molecule has 0 rings (SSSR count). The van der Waals surface area contributed by atoms with Crippen molar-refractivity contribution in [3.8, 4) is 0 Å². The summed E-state index contributed by atoms with van der Waals surface area (Å²) < 4.78 is 5.43. The molecule has 94 valence electrons. The highest BCUT2D eigenvalue weighted by molar-refractivity contribution is 5.50. The number of rotatable bonds is 8. The van der Waals surface area contributed by atoms with Crippen molar-refractivity contribution in [2.45, 2.75) is 45.8 Å². The Bertz CT molecular complexity index is 213. The molecule has 16 heavy (non-hydrogen) atoms. The highest BCUT2D eigenvalue weighted by Gasteiger charge is 2.27. The van der Waals surface area contributed by atoms with Gasteiger partial charge in [-0.05, 0) is 19.3 Å². The zero-order chi connectivity index (χ0) is 12.6. The largest absolute Gasteiger partial charge is 0.392 e. The summed E-state index contributed by atoms with van der Waals surface area (Å²) in [7, 11) is 1.65. The summed E-state index contributed by atoms with van der Waals surface area (Å²) in [5.74, 6) is 0.299. The SMILES string of the molecule is C/C=C/C[C@H](C)[C@@H](OC)[C@@H](C)[C@@H](O)CC=O. The summed E-state index contributed by atoms with van der Waals surface area (Å²) in [5.41, 5.74) is 0. The average Bonchev–Trinajstić information content (AvgIpc) is 2.27. The summed E-state index contributed by atoms with van der Waals surface area (Å²) >= 11 is 0. The van der Waals surface area contributed by atoms with Crippen LogP contribution in [0.5, 0.6) is 0 Å². The normalized spacial score (nSPS) is 19.3. The number of aliphatic hydroxyl groups excluding tert-OH is 1. The molecule has 0 saturated heterocycles. The van der Waals surface area contributed by atoms with Gasteiger partial charge in [0.15, 0.2) is 0 Å². The molecule has 0 unspecified atom stereocenters. The molecule has 0 fully saturated rings. The second-order valence-corrected chi connectivity index (χ2v) is 4.31. The van der Waals surface area contributed by atoms with Crippen LogP contribution in [0.3, 0.4) is 0 Å². The Morgan fingerprint density at radius 1 is 1.31 bits per heavy atom. The lowest BCUT2D eigenvalue weighted by Gasteiger charge is -2.30. The number of aldehydes is 1. The maximum absolute atomic E-state index is 10.4. The molecule has 0 radical (unpaired) electrons. The van der Waals surface area contributed by atoms with Crippen molar-refractivity contribution in [3.05, 3.63) is 12.2 Å². The van der Waals surface area contributed by atoms with Crippen molar-refractivity contribution >= 4 is 6.29 Å². The van der Waals surface area contributed by atoms with Crippen LogP contribution in [0.2, 0.25) is 0 Å². The fourth-order valence-corrected chi connectivity index (χ4v) is 1.98. The Hall–Kier alpha value is -0.670. The van der Waals surface area contributed by atoms with Gasteiger partial charge in [-0.25, -0.2) is 0 Å². The number of ether oxygens (including phenoxy) is 1. The van der Waals surface area contributed by atoms with Crippen LogP contribution in [0.15, 0.2) is 12.2 Å². The first-order chi connectivity index (χ1) is 7.58. The Labute approximate surface area is 98.5 Å². The molecule has 1 N–H and O–H groups in total. The lowest BCUT2D eigenvalue weighted by atomic mass is 9.86. The highest BCUT2D eigenvalue weighted by Crippen LogP contribution is 2.23. The Morgan fingerprint density at radius 3 is 2.38 bits per heavy atom. The maximum atomic E-state index is 10.4. The second-order valence-electron chi connectivity index (χ2n) is 4.31. The minimum absolute atomic E-state index is 0.0221. The summed E-state index contributed by atoms with van der Waals surface area (Å²) in [6, 6.07) is 0. The molecule has 0 amide bonds. The molecule has 0 aromatic rings. The van der Waals surface area contributed by atoms with Crippen LogP contribution in [0.25, 0.3) is 0 Å². The van der Waals surface area contributed by atoms with Gasteiger partial charge in [-0.15, -0.1) is 0 Å². The van der Waals surface area contributed by atoms with Crippen molar-refractivity contribution < 1.29 is 14.6 Å². The van der Waals surface area contributed by atoms with E-state index >= 15 is 0 Å². The van der Waals surface area contributed by atoms with Crippen molar-refractivity contribution in [1.82, 2.24) is 0 Å². The van der Waals surface area contributed by atoms with Gasteiger partial charge in [-0.2, -0.15) is 0 Å². The molecule has 0 aliphatic carbocycles. The maximum Gasteiger partial charge on any atom is 0.122 e. The van der Waals surface area contributed by atoms with E-state index in [0.29, 0.717) is 5.92 Å². The van der Waals surface area contributed by atoms with E-state index in [1.807, 2.05) is 19.9 Å². The quantitative estimate of drug-likeness (QED) is 0.511. The number of carbonyl (C=O) groups excluding carboxylic acids is 1. The molecular formula is C13H24O3. The standard InChI is InChI=1S/C13H24O3/c1-5-6-7-10(2)13(16-4)11(3)12(15)8-9-14/h5-6,9-13,15H,7-8H2,1-4H3/b6-5+/t10-,11-,12-,13+/m0/s1. The molecule has 3 nitrogen and oxygen atoms in total. The van der Waals surface area contributed by atoms with E-state index in [-0.39, 0.29) is 18.4 Å². The highest BCUT2D eigenvalue weighted by atomic mass is 16.5. The molecule has 0 aromatic heterocycles. The molecule has 0 saturated carbocycles. The number of hydrogen-bond acceptors (Lipinski definition) is 3. The van der Waals surface area contributed by atoms with Crippen LogP contribution in [-0.4, -0.2) is 30.7 Å². The monoisotopic (exact) mass is 228 g/mol. The summed E-state index contributed by atoms with van der Waals surface area (Å²) in [4.78, 5) is 10.4. The minimum atomic E-state index is -0.615. The van der Waals surface area contributed by atoms with Gasteiger partial charge in [0.05, 0.1) is 12.2 Å². The molecule has 4 atom stereocenters. The first-order valence-electron chi connectivity index (χ1n) is 5.84. The molecule has 0 aliphatic heterocycles. The first kappa shape index (κ1) is 15.3. The lowest BCUT2D eigenvalue weighted by molar-refractivity contribution is -0.111. The first-order valence-corrected chi connectivity index (χ1v) is 5.84. The smallest absolute Gasteiger partial charge is 0.122 e. The lowest BCUT2D eigenvalue weighted by Crippen LogP contribution is -2.35. The van der Waals surface area contributed by atoms with E-state index in [0.717, 1.165) is 12.7 Å². The fraction of sp³-hybridized carbons (Fsp3) is 0.769. The molecule has 0 bridgehead atoms. The third kappa shape index (κ3) is 4.90. The number of allylic oxidation sites excluding steroid dienone is 2. The average molecular weight is 228 g/mol. The Morgan fingerprint density at radius 2 is 1.94 bits per heavy atom. The van der Waals surface area contributed by atoms with Gasteiger partial charge in [-0.1, -0.05) is 26.0 Å². The van der Waals surface area contributed by atoms with E-state index in [1.165, 1.54) is 0 Å². The molecular weight excluding hydrogens is 204 g/mol. The Balaban J connectivity index is 4.39. The van der Waals surface area contributed by atoms with Crippen LogP contribution in [-0.2, 0) is 9.53 Å². The molecule has 0 heterocycles. The summed E-state index contributed by atoms with van der Waals surface area (Å²) in [6.07, 6.45) is 5.32. The van der Waals surface area contributed by atoms with Crippen molar-refractivity contribution in [3.63, 3.8) is 0 Å². The van der Waals surface area contributed by atoms with Crippen LogP contribution in [0.1, 0.15) is 33.6 Å². The predicted octanol–water partition coefficient (Wildman–Crippen LogP) is 2.19. The molecule has 0 aromatic carbocycles. The van der Waals surface area contributed by atoms with Gasteiger partial charge in [0.25, 0.3) is 0 Å². The zero-order valence-corrected chi connectivity index (χ0v) is 10.7. The van der Waals surface area contributed by atoms with Crippen LogP contribution in [0.4, 0.5) is 0 Å². The van der Waals surface area contributed by atoms with E-state index in [2.05, 4.69) is 13.0 Å². The predicted molar refractivity (Wildman–Crippen MR) is 65.2 cm³/mol. The fourth-order valence-electron chi connectivity index (χ4n) is 1.98. The second kappa shape index (κ2) is 8.48. The van der Waals surface area contributed by atoms with Crippen LogP contribution >= 0.6 is 0 Å². The van der Waals surface area contributed by atoms with E-state index < -0.39 is 6.10 Å². The zero-order valence-electron chi connectivity index (χ0n) is 10.7. The minimum Gasteiger partial charge on any atom is -0.392 e. The van der Waals surface area contributed by atoms with Crippen molar-refractivity contribution in [1.29, 1.82) is 0 Å². The third-order valence-electron chi connectivity index (χ3n) is 3.04. The summed E-state index contributed by atoms with van der Waals surface area (Å²) in [5, 5.41) is 9.76. The summed E-state index contributed by atoms with van der Waals surface area (Å²) in [6.45, 7) is 6.01. The molecule has 0 aliphatic rings. The number of carbonyl (C=O) groups is 1. The van der Waals surface area contributed by atoms with Gasteiger partial charge in [0, 0.05) is 19.4 Å². The van der Waals surface area contributed by atoms with Crippen molar-refractivity contribution in [2.24, 2.45) is 11.8 Å². The van der Waals surface area contributed by atoms with Crippen LogP contribution < -0.4 is 0 Å². The van der Waals surface area contributed by atoms with E-state index in [1.54, 1.807) is 7.11 Å².